The van der Waals surface area contributed by atoms with Crippen LogP contribution in [0.2, 0.25) is 0 Å². The van der Waals surface area contributed by atoms with Crippen molar-refractivity contribution in [2.75, 3.05) is 13.7 Å². The zero-order chi connectivity index (χ0) is 13.2. The molecule has 2 aliphatic rings. The lowest BCUT2D eigenvalue weighted by molar-refractivity contribution is -0.147. The van der Waals surface area contributed by atoms with Gasteiger partial charge >= 0.3 is 0 Å². The van der Waals surface area contributed by atoms with Crippen molar-refractivity contribution in [3.8, 4) is 0 Å². The molecule has 0 aromatic heterocycles. The van der Waals surface area contributed by atoms with E-state index in [-0.39, 0.29) is 5.78 Å². The van der Waals surface area contributed by atoms with Crippen molar-refractivity contribution < 1.29 is 14.3 Å². The second-order valence-corrected chi connectivity index (χ2v) is 6.25. The number of hydrogen-bond acceptors (Lipinski definition) is 3. The molecule has 0 aromatic carbocycles. The SMILES string of the molecule is COC1(C(=O)C2=CCCCO2)CCC(C)(C)CC1. The summed E-state index contributed by atoms with van der Waals surface area (Å²) in [5, 5.41) is 0. The van der Waals surface area contributed by atoms with Crippen molar-refractivity contribution in [3.05, 3.63) is 11.8 Å². The van der Waals surface area contributed by atoms with Crippen LogP contribution in [0.15, 0.2) is 11.8 Å². The number of allylic oxidation sites excluding steroid dienone is 1. The zero-order valence-electron chi connectivity index (χ0n) is 11.8. The second-order valence-electron chi connectivity index (χ2n) is 6.25. The zero-order valence-corrected chi connectivity index (χ0v) is 11.8. The van der Waals surface area contributed by atoms with Gasteiger partial charge in [0, 0.05) is 7.11 Å². The molecule has 3 nitrogen and oxygen atoms in total. The first kappa shape index (κ1) is 13.6. The molecule has 0 spiro atoms. The van der Waals surface area contributed by atoms with Crippen molar-refractivity contribution in [1.29, 1.82) is 0 Å². The van der Waals surface area contributed by atoms with Crippen molar-refractivity contribution in [2.24, 2.45) is 5.41 Å². The molecule has 0 amide bonds. The molecule has 0 unspecified atom stereocenters. The van der Waals surface area contributed by atoms with Gasteiger partial charge in [-0.3, -0.25) is 4.79 Å². The van der Waals surface area contributed by atoms with Gasteiger partial charge in [-0.1, -0.05) is 13.8 Å². The molecule has 1 aliphatic carbocycles. The predicted molar refractivity (Wildman–Crippen MR) is 70.3 cm³/mol. The summed E-state index contributed by atoms with van der Waals surface area (Å²) in [6.45, 7) is 5.17. The summed E-state index contributed by atoms with van der Waals surface area (Å²) in [5.41, 5.74) is -0.317. The predicted octanol–water partition coefficient (Wildman–Crippen LogP) is 3.24. The van der Waals surface area contributed by atoms with Crippen molar-refractivity contribution >= 4 is 5.78 Å². The van der Waals surface area contributed by atoms with Crippen molar-refractivity contribution in [3.63, 3.8) is 0 Å². The third kappa shape index (κ3) is 2.61. The Balaban J connectivity index is 2.13. The number of carbonyl (C=O) groups is 1. The molecular formula is C15H24O3. The number of ether oxygens (including phenoxy) is 2. The number of methoxy groups -OCH3 is 1. The van der Waals surface area contributed by atoms with Crippen LogP contribution < -0.4 is 0 Å². The average molecular weight is 252 g/mol. The number of hydrogen-bond donors (Lipinski definition) is 0. The van der Waals surface area contributed by atoms with E-state index in [1.165, 1.54) is 0 Å². The van der Waals surface area contributed by atoms with Crippen LogP contribution in [0.1, 0.15) is 52.4 Å². The van der Waals surface area contributed by atoms with Gasteiger partial charge in [0.15, 0.2) is 5.76 Å². The van der Waals surface area contributed by atoms with Crippen molar-refractivity contribution in [1.82, 2.24) is 0 Å². The lowest BCUT2D eigenvalue weighted by Crippen LogP contribution is -2.46. The monoisotopic (exact) mass is 252 g/mol. The Labute approximate surface area is 110 Å². The fourth-order valence-corrected chi connectivity index (χ4v) is 2.79. The van der Waals surface area contributed by atoms with Gasteiger partial charge in [-0.25, -0.2) is 0 Å². The maximum Gasteiger partial charge on any atom is 0.228 e. The van der Waals surface area contributed by atoms with Crippen LogP contribution in [-0.2, 0) is 14.3 Å². The normalized spacial score (nSPS) is 26.1. The molecule has 1 fully saturated rings. The molecule has 0 radical (unpaired) electrons. The van der Waals surface area contributed by atoms with E-state index < -0.39 is 5.60 Å². The molecule has 2 rings (SSSR count). The van der Waals surface area contributed by atoms with Crippen LogP contribution in [0.4, 0.5) is 0 Å². The number of ketones is 1. The number of rotatable bonds is 3. The summed E-state index contributed by atoms with van der Waals surface area (Å²) in [7, 11) is 1.65. The Morgan fingerprint density at radius 1 is 1.28 bits per heavy atom. The summed E-state index contributed by atoms with van der Waals surface area (Å²) < 4.78 is 11.1. The van der Waals surface area contributed by atoms with E-state index >= 15 is 0 Å². The fraction of sp³-hybridized carbons (Fsp3) is 0.800. The van der Waals surface area contributed by atoms with E-state index in [2.05, 4.69) is 13.8 Å². The molecule has 0 saturated heterocycles. The van der Waals surface area contributed by atoms with Gasteiger partial charge in [0.2, 0.25) is 5.78 Å². The van der Waals surface area contributed by atoms with Crippen LogP contribution in [0.5, 0.6) is 0 Å². The Kier molecular flexibility index (Phi) is 3.81. The quantitative estimate of drug-likeness (QED) is 0.773. The Morgan fingerprint density at radius 2 is 1.94 bits per heavy atom. The third-order valence-corrected chi connectivity index (χ3v) is 4.38. The molecule has 1 aliphatic heterocycles. The molecule has 18 heavy (non-hydrogen) atoms. The maximum atomic E-state index is 12.6. The van der Waals surface area contributed by atoms with Crippen LogP contribution in [0.3, 0.4) is 0 Å². The molecule has 0 atom stereocenters. The summed E-state index contributed by atoms with van der Waals surface area (Å²) in [6.07, 6.45) is 7.52. The number of carbonyl (C=O) groups excluding carboxylic acids is 1. The molecule has 0 aromatic rings. The highest BCUT2D eigenvalue weighted by Crippen LogP contribution is 2.43. The summed E-state index contributed by atoms with van der Waals surface area (Å²) in [4.78, 5) is 12.6. The Bertz CT molecular complexity index is 345. The van der Waals surface area contributed by atoms with Gasteiger partial charge in [-0.2, -0.15) is 0 Å². The van der Waals surface area contributed by atoms with E-state index in [4.69, 9.17) is 9.47 Å². The van der Waals surface area contributed by atoms with E-state index in [9.17, 15) is 4.79 Å². The highest BCUT2D eigenvalue weighted by molar-refractivity contribution is 6.00. The maximum absolute atomic E-state index is 12.6. The van der Waals surface area contributed by atoms with Gasteiger partial charge in [0.1, 0.15) is 5.60 Å². The van der Waals surface area contributed by atoms with Gasteiger partial charge in [0.25, 0.3) is 0 Å². The standard InChI is InChI=1S/C15H24O3/c1-14(2)7-9-15(17-3,10-8-14)13(16)12-6-4-5-11-18-12/h6H,4-5,7-11H2,1-3H3. The molecule has 1 heterocycles. The molecule has 1 saturated carbocycles. The van der Waals surface area contributed by atoms with Crippen LogP contribution >= 0.6 is 0 Å². The molecule has 0 N–H and O–H groups in total. The lowest BCUT2D eigenvalue weighted by Gasteiger charge is -2.41. The smallest absolute Gasteiger partial charge is 0.228 e. The van der Waals surface area contributed by atoms with Gasteiger partial charge < -0.3 is 9.47 Å². The Hall–Kier alpha value is -0.830. The summed E-state index contributed by atoms with van der Waals surface area (Å²) >= 11 is 0. The molecule has 0 bridgehead atoms. The second kappa shape index (κ2) is 5.04. The first-order chi connectivity index (χ1) is 8.49. The largest absolute Gasteiger partial charge is 0.490 e. The molecular weight excluding hydrogens is 228 g/mol. The summed E-state index contributed by atoms with van der Waals surface area (Å²) in [5.74, 6) is 0.586. The molecule has 3 heteroatoms. The van der Waals surface area contributed by atoms with Crippen LogP contribution in [-0.4, -0.2) is 25.1 Å². The highest BCUT2D eigenvalue weighted by Gasteiger charge is 2.45. The van der Waals surface area contributed by atoms with E-state index in [1.807, 2.05) is 6.08 Å². The highest BCUT2D eigenvalue weighted by atomic mass is 16.5. The van der Waals surface area contributed by atoms with Crippen molar-refractivity contribution in [2.45, 2.75) is 58.0 Å². The van der Waals surface area contributed by atoms with Crippen LogP contribution in [0.25, 0.3) is 0 Å². The fourth-order valence-electron chi connectivity index (χ4n) is 2.79. The first-order valence-electron chi connectivity index (χ1n) is 6.92. The minimum absolute atomic E-state index is 0.0557. The van der Waals surface area contributed by atoms with E-state index in [1.54, 1.807) is 7.11 Å². The Morgan fingerprint density at radius 3 is 2.44 bits per heavy atom. The number of Topliss-reactive ketones (excluding diaryl/α,β-unsaturated/α-hetero) is 1. The molecule has 102 valence electrons. The van der Waals surface area contributed by atoms with Gasteiger partial charge in [0.05, 0.1) is 6.61 Å². The third-order valence-electron chi connectivity index (χ3n) is 4.38. The first-order valence-corrected chi connectivity index (χ1v) is 6.92. The van der Waals surface area contributed by atoms with E-state index in [0.717, 1.165) is 38.5 Å². The van der Waals surface area contributed by atoms with Crippen LogP contribution in [0, 0.1) is 5.41 Å². The van der Waals surface area contributed by atoms with Gasteiger partial charge in [-0.05, 0) is 50.0 Å². The lowest BCUT2D eigenvalue weighted by atomic mass is 9.69. The average Bonchev–Trinajstić information content (AvgIpc) is 2.40. The topological polar surface area (TPSA) is 35.5 Å². The van der Waals surface area contributed by atoms with Gasteiger partial charge in [-0.15, -0.1) is 0 Å². The van der Waals surface area contributed by atoms with E-state index in [0.29, 0.717) is 17.8 Å². The summed E-state index contributed by atoms with van der Waals surface area (Å²) in [6, 6.07) is 0. The minimum atomic E-state index is -0.640. The minimum Gasteiger partial charge on any atom is -0.490 e.